The number of aliphatic imine (C=N–C) groups is 1. The standard InChI is InChI=1S/C17H15NO2/c19-11-15-6-2-5-14(17(15)20)10-18-16-8-7-12-3-1-4-13(12)9-16/h1-2,4-10,19-20H,3,11H2. The molecular weight excluding hydrogens is 250 g/mol. The van der Waals surface area contributed by atoms with Gasteiger partial charge in [-0.2, -0.15) is 0 Å². The maximum atomic E-state index is 9.96. The van der Waals surface area contributed by atoms with E-state index in [4.69, 9.17) is 5.11 Å². The molecule has 0 aliphatic heterocycles. The Morgan fingerprint density at radius 3 is 2.95 bits per heavy atom. The van der Waals surface area contributed by atoms with Gasteiger partial charge in [-0.1, -0.05) is 30.4 Å². The fourth-order valence-corrected chi connectivity index (χ4v) is 2.30. The first kappa shape index (κ1) is 12.6. The number of phenols is 1. The van der Waals surface area contributed by atoms with Gasteiger partial charge in [-0.05, 0) is 35.7 Å². The highest BCUT2D eigenvalue weighted by molar-refractivity contribution is 5.86. The van der Waals surface area contributed by atoms with E-state index >= 15 is 0 Å². The van der Waals surface area contributed by atoms with E-state index in [-0.39, 0.29) is 12.4 Å². The molecule has 0 bridgehead atoms. The minimum absolute atomic E-state index is 0.0832. The number of nitrogens with zero attached hydrogens (tertiary/aromatic N) is 1. The van der Waals surface area contributed by atoms with Gasteiger partial charge in [-0.25, -0.2) is 0 Å². The molecule has 2 aromatic carbocycles. The van der Waals surface area contributed by atoms with E-state index in [1.165, 1.54) is 11.1 Å². The summed E-state index contributed by atoms with van der Waals surface area (Å²) in [7, 11) is 0. The van der Waals surface area contributed by atoms with E-state index in [9.17, 15) is 5.11 Å². The van der Waals surface area contributed by atoms with E-state index in [0.717, 1.165) is 12.1 Å². The highest BCUT2D eigenvalue weighted by atomic mass is 16.3. The predicted molar refractivity (Wildman–Crippen MR) is 80.5 cm³/mol. The summed E-state index contributed by atoms with van der Waals surface area (Å²) in [6.07, 6.45) is 6.83. The first-order valence-electron chi connectivity index (χ1n) is 6.53. The third-order valence-corrected chi connectivity index (χ3v) is 3.44. The second-order valence-electron chi connectivity index (χ2n) is 4.76. The lowest BCUT2D eigenvalue weighted by Gasteiger charge is -2.04. The van der Waals surface area contributed by atoms with Gasteiger partial charge in [0.1, 0.15) is 5.75 Å². The predicted octanol–water partition coefficient (Wildman–Crippen LogP) is 3.20. The second-order valence-corrected chi connectivity index (χ2v) is 4.76. The van der Waals surface area contributed by atoms with Gasteiger partial charge < -0.3 is 10.2 Å². The van der Waals surface area contributed by atoms with Gasteiger partial charge in [0.25, 0.3) is 0 Å². The van der Waals surface area contributed by atoms with Crippen LogP contribution in [0.25, 0.3) is 6.08 Å². The molecule has 100 valence electrons. The number of allylic oxidation sites excluding steroid dienone is 1. The lowest BCUT2D eigenvalue weighted by atomic mass is 10.1. The average Bonchev–Trinajstić information content (AvgIpc) is 2.93. The number of aromatic hydroxyl groups is 1. The topological polar surface area (TPSA) is 52.8 Å². The minimum Gasteiger partial charge on any atom is -0.507 e. The van der Waals surface area contributed by atoms with E-state index in [1.807, 2.05) is 12.1 Å². The molecule has 1 aliphatic rings. The van der Waals surface area contributed by atoms with Crippen molar-refractivity contribution in [3.8, 4) is 5.75 Å². The molecule has 0 aromatic heterocycles. The normalized spacial score (nSPS) is 13.1. The number of fused-ring (bicyclic) bond motifs is 1. The van der Waals surface area contributed by atoms with Crippen molar-refractivity contribution in [3.05, 3.63) is 64.7 Å². The van der Waals surface area contributed by atoms with Crippen molar-refractivity contribution >= 4 is 18.0 Å². The number of aliphatic hydroxyl groups is 1. The fraction of sp³-hybridized carbons (Fsp3) is 0.118. The van der Waals surface area contributed by atoms with E-state index in [0.29, 0.717) is 11.1 Å². The van der Waals surface area contributed by atoms with Gasteiger partial charge in [-0.3, -0.25) is 4.99 Å². The molecular formula is C17H15NO2. The second kappa shape index (κ2) is 5.31. The minimum atomic E-state index is -0.183. The van der Waals surface area contributed by atoms with Crippen molar-refractivity contribution in [2.75, 3.05) is 0 Å². The molecule has 0 fully saturated rings. The monoisotopic (exact) mass is 265 g/mol. The summed E-state index contributed by atoms with van der Waals surface area (Å²) in [5, 5.41) is 19.1. The van der Waals surface area contributed by atoms with Crippen LogP contribution in [0.15, 0.2) is 47.5 Å². The van der Waals surface area contributed by atoms with Crippen molar-refractivity contribution in [1.82, 2.24) is 0 Å². The number of benzene rings is 2. The van der Waals surface area contributed by atoms with Crippen molar-refractivity contribution in [2.45, 2.75) is 13.0 Å². The molecule has 0 radical (unpaired) electrons. The van der Waals surface area contributed by atoms with Gasteiger partial charge in [0.05, 0.1) is 12.3 Å². The molecule has 0 heterocycles. The molecule has 0 atom stereocenters. The van der Waals surface area contributed by atoms with Crippen LogP contribution < -0.4 is 0 Å². The molecule has 3 nitrogen and oxygen atoms in total. The molecule has 20 heavy (non-hydrogen) atoms. The molecule has 2 aromatic rings. The Balaban J connectivity index is 1.89. The third-order valence-electron chi connectivity index (χ3n) is 3.44. The van der Waals surface area contributed by atoms with Gasteiger partial charge >= 0.3 is 0 Å². The Morgan fingerprint density at radius 2 is 2.10 bits per heavy atom. The summed E-state index contributed by atoms with van der Waals surface area (Å²) in [5.74, 6) is 0.0832. The van der Waals surface area contributed by atoms with Crippen LogP contribution in [0.3, 0.4) is 0 Å². The zero-order chi connectivity index (χ0) is 13.9. The van der Waals surface area contributed by atoms with Crippen LogP contribution in [0.1, 0.15) is 22.3 Å². The average molecular weight is 265 g/mol. The van der Waals surface area contributed by atoms with Crippen LogP contribution in [0.5, 0.6) is 5.75 Å². The molecule has 0 amide bonds. The molecule has 0 unspecified atom stereocenters. The highest BCUT2D eigenvalue weighted by Crippen LogP contribution is 2.25. The summed E-state index contributed by atoms with van der Waals surface area (Å²) in [6, 6.07) is 11.3. The Bertz CT molecular complexity index is 702. The van der Waals surface area contributed by atoms with Gasteiger partial charge in [0.2, 0.25) is 0 Å². The summed E-state index contributed by atoms with van der Waals surface area (Å²) in [4.78, 5) is 4.39. The van der Waals surface area contributed by atoms with E-state index < -0.39 is 0 Å². The summed E-state index contributed by atoms with van der Waals surface area (Å²) >= 11 is 0. The van der Waals surface area contributed by atoms with E-state index in [1.54, 1.807) is 24.4 Å². The molecule has 2 N–H and O–H groups in total. The SMILES string of the molecule is OCc1cccc(C=Nc2ccc3c(c2)C=CC3)c1O. The number of aliphatic hydroxyl groups excluding tert-OH is 1. The van der Waals surface area contributed by atoms with Crippen LogP contribution in [-0.4, -0.2) is 16.4 Å². The smallest absolute Gasteiger partial charge is 0.129 e. The highest BCUT2D eigenvalue weighted by Gasteiger charge is 2.06. The fourth-order valence-electron chi connectivity index (χ4n) is 2.30. The van der Waals surface area contributed by atoms with Crippen molar-refractivity contribution in [1.29, 1.82) is 0 Å². The lowest BCUT2D eigenvalue weighted by molar-refractivity contribution is 0.275. The first-order chi connectivity index (χ1) is 9.78. The molecule has 0 saturated carbocycles. The lowest BCUT2D eigenvalue weighted by Crippen LogP contribution is -1.89. The van der Waals surface area contributed by atoms with Crippen molar-refractivity contribution in [2.24, 2.45) is 4.99 Å². The quantitative estimate of drug-likeness (QED) is 0.837. The van der Waals surface area contributed by atoms with Crippen LogP contribution >= 0.6 is 0 Å². The van der Waals surface area contributed by atoms with Crippen LogP contribution in [0.2, 0.25) is 0 Å². The van der Waals surface area contributed by atoms with Gasteiger partial charge in [0.15, 0.2) is 0 Å². The van der Waals surface area contributed by atoms with Crippen LogP contribution in [0, 0.1) is 0 Å². The molecule has 1 aliphatic carbocycles. The Labute approximate surface area is 117 Å². The van der Waals surface area contributed by atoms with Crippen LogP contribution in [-0.2, 0) is 13.0 Å². The molecule has 3 rings (SSSR count). The van der Waals surface area contributed by atoms with E-state index in [2.05, 4.69) is 23.2 Å². The number of hydrogen-bond donors (Lipinski definition) is 2. The number of hydrogen-bond acceptors (Lipinski definition) is 3. The zero-order valence-electron chi connectivity index (χ0n) is 11.0. The van der Waals surface area contributed by atoms with Gasteiger partial charge in [0, 0.05) is 17.3 Å². The Hall–Kier alpha value is -2.39. The zero-order valence-corrected chi connectivity index (χ0v) is 11.0. The number of para-hydroxylation sites is 1. The van der Waals surface area contributed by atoms with Crippen LogP contribution in [0.4, 0.5) is 5.69 Å². The van der Waals surface area contributed by atoms with Gasteiger partial charge in [-0.15, -0.1) is 0 Å². The van der Waals surface area contributed by atoms with Crippen molar-refractivity contribution < 1.29 is 10.2 Å². The summed E-state index contributed by atoms with van der Waals surface area (Å²) in [6.45, 7) is -0.183. The first-order valence-corrected chi connectivity index (χ1v) is 6.53. The number of rotatable bonds is 3. The Kier molecular flexibility index (Phi) is 3.35. The summed E-state index contributed by atoms with van der Waals surface area (Å²) < 4.78 is 0. The molecule has 3 heteroatoms. The maximum Gasteiger partial charge on any atom is 0.129 e. The Morgan fingerprint density at radius 1 is 1.20 bits per heavy atom. The molecule has 0 saturated heterocycles. The largest absolute Gasteiger partial charge is 0.507 e. The van der Waals surface area contributed by atoms with Crippen molar-refractivity contribution in [3.63, 3.8) is 0 Å². The maximum absolute atomic E-state index is 9.96. The molecule has 0 spiro atoms. The third kappa shape index (κ3) is 2.36. The summed E-state index contributed by atoms with van der Waals surface area (Å²) in [5.41, 5.74) is 4.48.